The largest absolute Gasteiger partial charge is 0.306 e. The van der Waals surface area contributed by atoms with E-state index in [4.69, 9.17) is 5.26 Å². The summed E-state index contributed by atoms with van der Waals surface area (Å²) in [6, 6.07) is 0. The maximum Gasteiger partial charge on any atom is 0.236 e. The Morgan fingerprint density at radius 3 is 2.56 bits per heavy atom. The molecule has 1 N–H and O–H groups in total. The Balaban J connectivity index is 2.02. The van der Waals surface area contributed by atoms with Crippen molar-refractivity contribution in [2.45, 2.75) is 18.8 Å². The van der Waals surface area contributed by atoms with E-state index in [9.17, 15) is 0 Å². The standard InChI is InChI=1S/C11H15N5/c1-16-4-2-9(3-5-16)10-6-13-11(14-7-10)15-8-12/h6-7,9H,2-5H2,1H3,(H,13,14,15). The van der Waals surface area contributed by atoms with E-state index in [-0.39, 0.29) is 0 Å². The lowest BCUT2D eigenvalue weighted by atomic mass is 9.92. The van der Waals surface area contributed by atoms with Crippen LogP contribution in [0.2, 0.25) is 0 Å². The molecule has 16 heavy (non-hydrogen) atoms. The minimum absolute atomic E-state index is 0.374. The van der Waals surface area contributed by atoms with Crippen molar-refractivity contribution in [3.05, 3.63) is 18.0 Å². The maximum absolute atomic E-state index is 8.42. The molecule has 5 heteroatoms. The molecule has 1 aliphatic rings. The van der Waals surface area contributed by atoms with E-state index in [1.807, 2.05) is 18.6 Å². The fraction of sp³-hybridized carbons (Fsp3) is 0.545. The molecule has 0 bridgehead atoms. The highest BCUT2D eigenvalue weighted by Gasteiger charge is 2.18. The van der Waals surface area contributed by atoms with Gasteiger partial charge in [-0.15, -0.1) is 0 Å². The molecule has 0 spiro atoms. The Kier molecular flexibility index (Phi) is 3.32. The summed E-state index contributed by atoms with van der Waals surface area (Å²) in [4.78, 5) is 10.5. The molecule has 1 aliphatic heterocycles. The van der Waals surface area contributed by atoms with Gasteiger partial charge in [0.05, 0.1) is 0 Å². The van der Waals surface area contributed by atoms with Crippen LogP contribution in [0.1, 0.15) is 24.3 Å². The first-order chi connectivity index (χ1) is 7.79. The number of aromatic nitrogens is 2. The van der Waals surface area contributed by atoms with Gasteiger partial charge in [-0.25, -0.2) is 9.97 Å². The van der Waals surface area contributed by atoms with Gasteiger partial charge in [0, 0.05) is 12.4 Å². The zero-order valence-corrected chi connectivity index (χ0v) is 9.35. The number of nitrogens with one attached hydrogen (secondary N) is 1. The molecular weight excluding hydrogens is 202 g/mol. The summed E-state index contributed by atoms with van der Waals surface area (Å²) in [7, 11) is 2.15. The van der Waals surface area contributed by atoms with Crippen LogP contribution >= 0.6 is 0 Å². The number of anilines is 1. The van der Waals surface area contributed by atoms with Crippen LogP contribution in [-0.2, 0) is 0 Å². The van der Waals surface area contributed by atoms with Crippen molar-refractivity contribution < 1.29 is 0 Å². The van der Waals surface area contributed by atoms with Crippen LogP contribution in [0.15, 0.2) is 12.4 Å². The molecule has 1 saturated heterocycles. The number of rotatable bonds is 2. The van der Waals surface area contributed by atoms with Crippen molar-refractivity contribution in [2.75, 3.05) is 25.5 Å². The lowest BCUT2D eigenvalue weighted by molar-refractivity contribution is 0.255. The van der Waals surface area contributed by atoms with Crippen molar-refractivity contribution in [1.29, 1.82) is 5.26 Å². The molecule has 0 amide bonds. The summed E-state index contributed by atoms with van der Waals surface area (Å²) in [5.41, 5.74) is 1.18. The van der Waals surface area contributed by atoms with Crippen LogP contribution in [0, 0.1) is 11.5 Å². The topological polar surface area (TPSA) is 64.8 Å². The van der Waals surface area contributed by atoms with Crippen LogP contribution in [-0.4, -0.2) is 35.0 Å². The van der Waals surface area contributed by atoms with E-state index in [1.165, 1.54) is 5.56 Å². The Morgan fingerprint density at radius 2 is 2.00 bits per heavy atom. The van der Waals surface area contributed by atoms with Crippen LogP contribution < -0.4 is 5.32 Å². The molecule has 1 fully saturated rings. The van der Waals surface area contributed by atoms with Crippen molar-refractivity contribution in [1.82, 2.24) is 14.9 Å². The zero-order chi connectivity index (χ0) is 11.4. The van der Waals surface area contributed by atoms with Gasteiger partial charge in [-0.1, -0.05) is 0 Å². The van der Waals surface area contributed by atoms with E-state index < -0.39 is 0 Å². The van der Waals surface area contributed by atoms with Gasteiger partial charge in [0.25, 0.3) is 0 Å². The minimum Gasteiger partial charge on any atom is -0.306 e. The molecule has 0 unspecified atom stereocenters. The molecule has 0 atom stereocenters. The molecule has 2 rings (SSSR count). The fourth-order valence-corrected chi connectivity index (χ4v) is 2.01. The highest BCUT2D eigenvalue weighted by molar-refractivity contribution is 5.30. The fourth-order valence-electron chi connectivity index (χ4n) is 2.01. The molecule has 5 nitrogen and oxygen atoms in total. The van der Waals surface area contributed by atoms with Gasteiger partial charge in [-0.2, -0.15) is 5.26 Å². The Bertz CT molecular complexity index is 372. The van der Waals surface area contributed by atoms with Crippen LogP contribution in [0.4, 0.5) is 5.95 Å². The minimum atomic E-state index is 0.374. The maximum atomic E-state index is 8.42. The smallest absolute Gasteiger partial charge is 0.236 e. The molecule has 1 aromatic rings. The van der Waals surface area contributed by atoms with Crippen LogP contribution in [0.25, 0.3) is 0 Å². The summed E-state index contributed by atoms with van der Waals surface area (Å²) in [5, 5.41) is 10.8. The normalized spacial score (nSPS) is 18.0. The summed E-state index contributed by atoms with van der Waals surface area (Å²) >= 11 is 0. The molecule has 84 valence electrons. The first-order valence-corrected chi connectivity index (χ1v) is 5.45. The van der Waals surface area contributed by atoms with E-state index in [2.05, 4.69) is 27.2 Å². The predicted octanol–water partition coefficient (Wildman–Crippen LogP) is 1.18. The van der Waals surface area contributed by atoms with E-state index in [0.29, 0.717) is 11.9 Å². The average molecular weight is 217 g/mol. The van der Waals surface area contributed by atoms with Gasteiger partial charge in [0.15, 0.2) is 6.19 Å². The first kappa shape index (κ1) is 10.8. The Morgan fingerprint density at radius 1 is 1.38 bits per heavy atom. The predicted molar refractivity (Wildman–Crippen MR) is 60.7 cm³/mol. The molecule has 0 saturated carbocycles. The Labute approximate surface area is 95.1 Å². The van der Waals surface area contributed by atoms with Gasteiger partial charge in [-0.05, 0) is 44.5 Å². The third-order valence-corrected chi connectivity index (χ3v) is 3.03. The number of likely N-dealkylation sites (tertiary alicyclic amines) is 1. The number of hydrogen-bond donors (Lipinski definition) is 1. The van der Waals surface area contributed by atoms with E-state index in [1.54, 1.807) is 0 Å². The van der Waals surface area contributed by atoms with Gasteiger partial charge in [0.1, 0.15) is 0 Å². The van der Waals surface area contributed by atoms with Crippen molar-refractivity contribution in [3.8, 4) is 6.19 Å². The quantitative estimate of drug-likeness (QED) is 0.595. The molecule has 0 aliphatic carbocycles. The third-order valence-electron chi connectivity index (χ3n) is 3.03. The zero-order valence-electron chi connectivity index (χ0n) is 9.35. The Hall–Kier alpha value is -1.67. The van der Waals surface area contributed by atoms with Crippen LogP contribution in [0.5, 0.6) is 0 Å². The number of piperidine rings is 1. The van der Waals surface area contributed by atoms with Crippen molar-refractivity contribution in [2.24, 2.45) is 0 Å². The SMILES string of the molecule is CN1CCC(c2cnc(NC#N)nc2)CC1. The van der Waals surface area contributed by atoms with Gasteiger partial charge >= 0.3 is 0 Å². The molecule has 0 radical (unpaired) electrons. The van der Waals surface area contributed by atoms with Crippen molar-refractivity contribution in [3.63, 3.8) is 0 Å². The van der Waals surface area contributed by atoms with Gasteiger partial charge < -0.3 is 4.90 Å². The highest BCUT2D eigenvalue weighted by Crippen LogP contribution is 2.26. The van der Waals surface area contributed by atoms with E-state index >= 15 is 0 Å². The number of nitrogens with zero attached hydrogens (tertiary/aromatic N) is 4. The summed E-state index contributed by atoms with van der Waals surface area (Å²) in [6.07, 6.45) is 7.77. The lowest BCUT2D eigenvalue weighted by Crippen LogP contribution is -2.29. The first-order valence-electron chi connectivity index (χ1n) is 5.45. The third kappa shape index (κ3) is 2.47. The van der Waals surface area contributed by atoms with Gasteiger partial charge in [0.2, 0.25) is 5.95 Å². The molecule has 0 aromatic carbocycles. The second-order valence-electron chi connectivity index (χ2n) is 4.15. The second-order valence-corrected chi connectivity index (χ2v) is 4.15. The monoisotopic (exact) mass is 217 g/mol. The number of hydrogen-bond acceptors (Lipinski definition) is 5. The van der Waals surface area contributed by atoms with Crippen molar-refractivity contribution >= 4 is 5.95 Å². The highest BCUT2D eigenvalue weighted by atomic mass is 15.1. The van der Waals surface area contributed by atoms with Gasteiger partial charge in [-0.3, -0.25) is 5.32 Å². The average Bonchev–Trinajstić information content (AvgIpc) is 2.32. The molecule has 2 heterocycles. The molecular formula is C11H15N5. The summed E-state index contributed by atoms with van der Waals surface area (Å²) in [5.74, 6) is 0.937. The van der Waals surface area contributed by atoms with Crippen LogP contribution in [0.3, 0.4) is 0 Å². The second kappa shape index (κ2) is 4.90. The number of nitriles is 1. The van der Waals surface area contributed by atoms with E-state index in [0.717, 1.165) is 25.9 Å². The molecule has 1 aromatic heterocycles. The lowest BCUT2D eigenvalue weighted by Gasteiger charge is -2.28. The summed E-state index contributed by atoms with van der Waals surface area (Å²) in [6.45, 7) is 2.26. The summed E-state index contributed by atoms with van der Waals surface area (Å²) < 4.78 is 0.